The van der Waals surface area contributed by atoms with Gasteiger partial charge in [0.1, 0.15) is 12.4 Å². The third kappa shape index (κ3) is 2.76. The average Bonchev–Trinajstić information content (AvgIpc) is 2.81. The third-order valence-corrected chi connectivity index (χ3v) is 3.78. The molecule has 1 atom stereocenters. The Labute approximate surface area is 127 Å². The average molecular weight is 299 g/mol. The Hall–Kier alpha value is -2.53. The predicted octanol–water partition coefficient (Wildman–Crippen LogP) is 1.22. The molecule has 112 valence electrons. The largest absolute Gasteiger partial charge is 0.332 e. The molecule has 0 aromatic heterocycles. The van der Waals surface area contributed by atoms with Crippen LogP contribution in [0.1, 0.15) is 12.0 Å². The van der Waals surface area contributed by atoms with Crippen molar-refractivity contribution >= 4 is 17.5 Å². The lowest BCUT2D eigenvalue weighted by molar-refractivity contribution is -0.690. The Morgan fingerprint density at radius 2 is 1.73 bits per heavy atom. The van der Waals surface area contributed by atoms with Crippen molar-refractivity contribution in [3.63, 3.8) is 0 Å². The molecule has 0 unspecified atom stereocenters. The first kappa shape index (κ1) is 14.4. The van der Waals surface area contributed by atoms with Crippen molar-refractivity contribution in [2.75, 3.05) is 4.90 Å². The van der Waals surface area contributed by atoms with Gasteiger partial charge in [0.15, 0.2) is 6.04 Å². The van der Waals surface area contributed by atoms with Crippen molar-refractivity contribution in [3.8, 4) is 0 Å². The monoisotopic (exact) mass is 299 g/mol. The highest BCUT2D eigenvalue weighted by molar-refractivity contribution is 6.21. The predicted molar refractivity (Wildman–Crippen MR) is 79.4 cm³/mol. The molecule has 0 aliphatic carbocycles. The molecule has 2 N–H and O–H groups in total. The van der Waals surface area contributed by atoms with E-state index in [0.717, 1.165) is 0 Å². The fourth-order valence-corrected chi connectivity index (χ4v) is 2.62. The molecule has 0 radical (unpaired) electrons. The van der Waals surface area contributed by atoms with Gasteiger partial charge in [0.05, 0.1) is 12.1 Å². The summed E-state index contributed by atoms with van der Waals surface area (Å²) >= 11 is 0. The van der Waals surface area contributed by atoms with E-state index in [1.54, 1.807) is 47.8 Å². The number of benzene rings is 2. The second-order valence-corrected chi connectivity index (χ2v) is 5.24. The topological polar surface area (TPSA) is 54.0 Å². The number of nitrogens with two attached hydrogens (primary N) is 1. The first-order valence-corrected chi connectivity index (χ1v) is 7.15. The van der Waals surface area contributed by atoms with E-state index in [2.05, 4.69) is 0 Å². The van der Waals surface area contributed by atoms with Gasteiger partial charge in [-0.1, -0.05) is 36.4 Å². The van der Waals surface area contributed by atoms with Crippen LogP contribution in [0, 0.1) is 5.82 Å². The number of carbonyl (C=O) groups is 2. The van der Waals surface area contributed by atoms with Crippen LogP contribution in [0.4, 0.5) is 10.1 Å². The van der Waals surface area contributed by atoms with Crippen LogP contribution in [0.2, 0.25) is 0 Å². The summed E-state index contributed by atoms with van der Waals surface area (Å²) in [6.45, 7) is 0.332. The standard InChI is InChI=1S/C17H15FN2O2/c18-14-9-5-4-6-12(14)11-19-15-10-16(21)20(17(15)22)13-7-2-1-3-8-13/h1-9,15,19H,10-11H2/p+1/t15-/m0/s1. The highest BCUT2D eigenvalue weighted by Crippen LogP contribution is 2.21. The summed E-state index contributed by atoms with van der Waals surface area (Å²) in [6, 6.07) is 14.8. The second kappa shape index (κ2) is 6.07. The maximum Gasteiger partial charge on any atom is 0.292 e. The maximum atomic E-state index is 13.6. The van der Waals surface area contributed by atoms with Crippen molar-refractivity contribution in [3.05, 3.63) is 66.0 Å². The third-order valence-electron chi connectivity index (χ3n) is 3.78. The first-order valence-electron chi connectivity index (χ1n) is 7.15. The molecule has 1 aliphatic heterocycles. The molecule has 2 amide bonds. The van der Waals surface area contributed by atoms with Crippen molar-refractivity contribution in [1.29, 1.82) is 0 Å². The van der Waals surface area contributed by atoms with Crippen molar-refractivity contribution in [1.82, 2.24) is 0 Å². The van der Waals surface area contributed by atoms with E-state index >= 15 is 0 Å². The quantitative estimate of drug-likeness (QED) is 0.863. The summed E-state index contributed by atoms with van der Waals surface area (Å²) in [5.74, 6) is -0.756. The molecule has 1 heterocycles. The van der Waals surface area contributed by atoms with Gasteiger partial charge in [0, 0.05) is 5.56 Å². The van der Waals surface area contributed by atoms with Crippen molar-refractivity contribution in [2.45, 2.75) is 19.0 Å². The van der Waals surface area contributed by atoms with E-state index in [1.165, 1.54) is 11.0 Å². The van der Waals surface area contributed by atoms with Gasteiger partial charge in [-0.05, 0) is 18.2 Å². The molecular weight excluding hydrogens is 283 g/mol. The number of anilines is 1. The summed E-state index contributed by atoms with van der Waals surface area (Å²) in [6.07, 6.45) is 0.141. The molecule has 2 aromatic rings. The van der Waals surface area contributed by atoms with E-state index in [1.807, 2.05) is 6.07 Å². The summed E-state index contributed by atoms with van der Waals surface area (Å²) in [7, 11) is 0. The van der Waals surface area contributed by atoms with Crippen molar-refractivity contribution in [2.24, 2.45) is 0 Å². The Morgan fingerprint density at radius 1 is 1.05 bits per heavy atom. The zero-order valence-electron chi connectivity index (χ0n) is 11.9. The van der Waals surface area contributed by atoms with E-state index in [4.69, 9.17) is 0 Å². The Bertz CT molecular complexity index is 703. The number of para-hydroxylation sites is 1. The molecular formula is C17H16FN2O2+. The number of nitrogens with zero attached hydrogens (tertiary/aromatic N) is 1. The number of hydrogen-bond acceptors (Lipinski definition) is 2. The van der Waals surface area contributed by atoms with Gasteiger partial charge in [-0.3, -0.25) is 9.59 Å². The number of carbonyl (C=O) groups excluding carboxylic acids is 2. The highest BCUT2D eigenvalue weighted by Gasteiger charge is 2.42. The van der Waals surface area contributed by atoms with Crippen LogP contribution >= 0.6 is 0 Å². The second-order valence-electron chi connectivity index (χ2n) is 5.24. The van der Waals surface area contributed by atoms with Crippen LogP contribution in [0.15, 0.2) is 54.6 Å². The molecule has 1 fully saturated rings. The molecule has 0 saturated carbocycles. The zero-order chi connectivity index (χ0) is 15.5. The molecule has 0 spiro atoms. The fourth-order valence-electron chi connectivity index (χ4n) is 2.62. The number of amides is 2. The highest BCUT2D eigenvalue weighted by atomic mass is 19.1. The van der Waals surface area contributed by atoms with Gasteiger partial charge < -0.3 is 5.32 Å². The zero-order valence-corrected chi connectivity index (χ0v) is 11.9. The van der Waals surface area contributed by atoms with Gasteiger partial charge in [0.25, 0.3) is 5.91 Å². The van der Waals surface area contributed by atoms with Gasteiger partial charge in [-0.25, -0.2) is 9.29 Å². The summed E-state index contributed by atoms with van der Waals surface area (Å²) < 4.78 is 13.6. The van der Waals surface area contributed by atoms with Crippen molar-refractivity contribution < 1.29 is 19.3 Å². The molecule has 2 aromatic carbocycles. The number of rotatable bonds is 4. The number of halogens is 1. The SMILES string of the molecule is O=C1C[C@H]([NH2+]Cc2ccccc2F)C(=O)N1c1ccccc1. The van der Waals surface area contributed by atoms with Crippen LogP contribution in [-0.4, -0.2) is 17.9 Å². The van der Waals surface area contributed by atoms with Gasteiger partial charge in [-0.2, -0.15) is 0 Å². The number of imide groups is 1. The lowest BCUT2D eigenvalue weighted by Crippen LogP contribution is -2.90. The molecule has 5 heteroatoms. The minimum absolute atomic E-state index is 0.141. The van der Waals surface area contributed by atoms with Crippen LogP contribution in [0.5, 0.6) is 0 Å². The molecule has 22 heavy (non-hydrogen) atoms. The Morgan fingerprint density at radius 3 is 2.45 bits per heavy atom. The summed E-state index contributed by atoms with van der Waals surface area (Å²) in [5.41, 5.74) is 1.11. The minimum Gasteiger partial charge on any atom is -0.332 e. The van der Waals surface area contributed by atoms with Crippen LogP contribution in [-0.2, 0) is 16.1 Å². The normalized spacial score (nSPS) is 18.0. The maximum absolute atomic E-state index is 13.6. The van der Waals surface area contributed by atoms with Crippen LogP contribution in [0.3, 0.4) is 0 Å². The smallest absolute Gasteiger partial charge is 0.292 e. The summed E-state index contributed by atoms with van der Waals surface area (Å²) in [5, 5.41) is 1.72. The van der Waals surface area contributed by atoms with E-state index in [9.17, 15) is 14.0 Å². The Kier molecular flexibility index (Phi) is 3.98. The van der Waals surface area contributed by atoms with Gasteiger partial charge >= 0.3 is 0 Å². The molecule has 1 aliphatic rings. The fraction of sp³-hybridized carbons (Fsp3) is 0.176. The molecule has 1 saturated heterocycles. The van der Waals surface area contributed by atoms with E-state index in [0.29, 0.717) is 17.8 Å². The van der Waals surface area contributed by atoms with E-state index in [-0.39, 0.29) is 24.1 Å². The van der Waals surface area contributed by atoms with Crippen LogP contribution in [0.25, 0.3) is 0 Å². The number of hydrogen-bond donors (Lipinski definition) is 1. The van der Waals surface area contributed by atoms with Gasteiger partial charge in [0.2, 0.25) is 5.91 Å². The molecule has 3 rings (SSSR count). The lowest BCUT2D eigenvalue weighted by atomic mass is 10.2. The molecule has 0 bridgehead atoms. The van der Waals surface area contributed by atoms with Gasteiger partial charge in [-0.15, -0.1) is 0 Å². The summed E-state index contributed by atoms with van der Waals surface area (Å²) in [4.78, 5) is 25.7. The van der Waals surface area contributed by atoms with E-state index < -0.39 is 6.04 Å². The first-order chi connectivity index (χ1) is 10.7. The molecule has 4 nitrogen and oxygen atoms in total. The Balaban J connectivity index is 1.71. The lowest BCUT2D eigenvalue weighted by Gasteiger charge is -2.14. The van der Waals surface area contributed by atoms with Crippen LogP contribution < -0.4 is 10.2 Å². The minimum atomic E-state index is -0.493. The number of quaternary nitrogens is 1.